The molecule has 1 amide bonds. The number of anilines is 1. The van der Waals surface area contributed by atoms with E-state index in [4.69, 9.17) is 10.5 Å². The van der Waals surface area contributed by atoms with Crippen LogP contribution in [0, 0.1) is 0 Å². The number of amides is 1. The zero-order valence-corrected chi connectivity index (χ0v) is 14.7. The summed E-state index contributed by atoms with van der Waals surface area (Å²) in [5, 5.41) is 38.9. The Morgan fingerprint density at radius 2 is 2.07 bits per heavy atom. The molecule has 0 radical (unpaired) electrons. The van der Waals surface area contributed by atoms with E-state index < -0.39 is 49.2 Å². The standard InChI is InChI=1S/C15H22N6O6/c1-6(23)8(16)14(26)20(2)12-9-13(18-4-17-12)21(5-19-9)15-11(25)10(24)7(3-22)27-15/h4-8,10-11,15,22-25H,3,16H2,1-2H3/t6-,7-,8+,10-,11-,15-/m1/s1. The molecule has 0 bridgehead atoms. The highest BCUT2D eigenvalue weighted by Crippen LogP contribution is 2.32. The second-order valence-corrected chi connectivity index (χ2v) is 6.41. The number of hydrogen-bond acceptors (Lipinski definition) is 10. The van der Waals surface area contributed by atoms with Crippen LogP contribution >= 0.6 is 0 Å². The minimum atomic E-state index is -1.30. The Bertz CT molecular complexity index is 828. The van der Waals surface area contributed by atoms with Crippen LogP contribution in [0.25, 0.3) is 11.2 Å². The van der Waals surface area contributed by atoms with Crippen molar-refractivity contribution in [3.05, 3.63) is 12.7 Å². The predicted molar refractivity (Wildman–Crippen MR) is 91.4 cm³/mol. The number of rotatable bonds is 5. The van der Waals surface area contributed by atoms with E-state index in [2.05, 4.69) is 15.0 Å². The normalized spacial score (nSPS) is 27.7. The van der Waals surface area contributed by atoms with Gasteiger partial charge in [0, 0.05) is 7.05 Å². The van der Waals surface area contributed by atoms with Crippen LogP contribution in [0.2, 0.25) is 0 Å². The van der Waals surface area contributed by atoms with Crippen LogP contribution in [0.3, 0.4) is 0 Å². The highest BCUT2D eigenvalue weighted by molar-refractivity contribution is 6.01. The largest absolute Gasteiger partial charge is 0.394 e. The van der Waals surface area contributed by atoms with Gasteiger partial charge in [-0.25, -0.2) is 15.0 Å². The number of nitrogens with two attached hydrogens (primary N) is 1. The Morgan fingerprint density at radius 1 is 1.37 bits per heavy atom. The molecule has 0 aliphatic carbocycles. The van der Waals surface area contributed by atoms with Crippen molar-refractivity contribution in [2.75, 3.05) is 18.6 Å². The van der Waals surface area contributed by atoms with Crippen molar-refractivity contribution >= 4 is 22.9 Å². The molecular formula is C15H22N6O6. The molecule has 1 fully saturated rings. The fourth-order valence-corrected chi connectivity index (χ4v) is 2.92. The van der Waals surface area contributed by atoms with E-state index in [-0.39, 0.29) is 17.0 Å². The second kappa shape index (κ2) is 7.42. The molecule has 1 aliphatic rings. The molecule has 27 heavy (non-hydrogen) atoms. The van der Waals surface area contributed by atoms with Crippen molar-refractivity contribution in [2.24, 2.45) is 5.73 Å². The first-order valence-electron chi connectivity index (χ1n) is 8.29. The monoisotopic (exact) mass is 382 g/mol. The first-order chi connectivity index (χ1) is 12.8. The van der Waals surface area contributed by atoms with E-state index in [1.165, 1.54) is 31.2 Å². The van der Waals surface area contributed by atoms with Gasteiger partial charge < -0.3 is 30.9 Å². The van der Waals surface area contributed by atoms with Crippen LogP contribution in [0.15, 0.2) is 12.7 Å². The summed E-state index contributed by atoms with van der Waals surface area (Å²) in [4.78, 5) is 25.9. The average molecular weight is 382 g/mol. The Balaban J connectivity index is 1.97. The van der Waals surface area contributed by atoms with Crippen LogP contribution < -0.4 is 10.6 Å². The minimum absolute atomic E-state index is 0.159. The van der Waals surface area contributed by atoms with E-state index >= 15 is 0 Å². The maximum Gasteiger partial charge on any atom is 0.247 e. The van der Waals surface area contributed by atoms with Crippen molar-refractivity contribution in [1.29, 1.82) is 0 Å². The number of aliphatic hydroxyl groups excluding tert-OH is 4. The number of carbonyl (C=O) groups excluding carboxylic acids is 1. The summed E-state index contributed by atoms with van der Waals surface area (Å²) in [5.41, 5.74) is 6.19. The quantitative estimate of drug-likeness (QED) is 0.360. The van der Waals surface area contributed by atoms with Crippen molar-refractivity contribution < 1.29 is 30.0 Å². The molecule has 0 aromatic carbocycles. The number of nitrogens with zero attached hydrogens (tertiary/aromatic N) is 5. The molecular weight excluding hydrogens is 360 g/mol. The van der Waals surface area contributed by atoms with Crippen molar-refractivity contribution in [3.63, 3.8) is 0 Å². The van der Waals surface area contributed by atoms with Gasteiger partial charge in [0.25, 0.3) is 0 Å². The SMILES string of the molecule is C[C@@H](O)[C@H](N)C(=O)N(C)c1ncnc2c1ncn2[C@@H]1O[C@H](CO)[C@@H](O)[C@H]1O. The fourth-order valence-electron chi connectivity index (χ4n) is 2.92. The van der Waals surface area contributed by atoms with Crippen molar-refractivity contribution in [1.82, 2.24) is 19.5 Å². The second-order valence-electron chi connectivity index (χ2n) is 6.41. The third-order valence-corrected chi connectivity index (χ3v) is 4.58. The van der Waals surface area contributed by atoms with Gasteiger partial charge in [0.2, 0.25) is 5.91 Å². The molecule has 1 saturated heterocycles. The van der Waals surface area contributed by atoms with Gasteiger partial charge >= 0.3 is 0 Å². The highest BCUT2D eigenvalue weighted by atomic mass is 16.6. The van der Waals surface area contributed by atoms with Gasteiger partial charge in [0.1, 0.15) is 30.7 Å². The lowest BCUT2D eigenvalue weighted by Gasteiger charge is -2.22. The van der Waals surface area contributed by atoms with E-state index in [1.54, 1.807) is 0 Å². The number of carbonyl (C=O) groups is 1. The van der Waals surface area contributed by atoms with Crippen LogP contribution in [-0.2, 0) is 9.53 Å². The van der Waals surface area contributed by atoms with E-state index in [0.29, 0.717) is 0 Å². The summed E-state index contributed by atoms with van der Waals surface area (Å²) < 4.78 is 6.87. The summed E-state index contributed by atoms with van der Waals surface area (Å²) in [7, 11) is 1.44. The summed E-state index contributed by atoms with van der Waals surface area (Å²) in [6, 6.07) is -1.14. The smallest absolute Gasteiger partial charge is 0.247 e. The van der Waals surface area contributed by atoms with Crippen LogP contribution in [0.1, 0.15) is 13.2 Å². The van der Waals surface area contributed by atoms with E-state index in [0.717, 1.165) is 4.90 Å². The molecule has 2 aromatic rings. The molecule has 1 aliphatic heterocycles. The average Bonchev–Trinajstić information content (AvgIpc) is 3.21. The maximum absolute atomic E-state index is 12.4. The summed E-state index contributed by atoms with van der Waals surface area (Å²) in [5.74, 6) is -0.404. The number of imidazole rings is 1. The molecule has 0 unspecified atom stereocenters. The Labute approximate surface area is 153 Å². The molecule has 3 heterocycles. The number of ether oxygens (including phenoxy) is 1. The first kappa shape index (κ1) is 19.5. The first-order valence-corrected chi connectivity index (χ1v) is 8.29. The summed E-state index contributed by atoms with van der Waals surface area (Å²) >= 11 is 0. The lowest BCUT2D eigenvalue weighted by molar-refractivity contribution is -0.121. The molecule has 12 heteroatoms. The third-order valence-electron chi connectivity index (χ3n) is 4.58. The Kier molecular flexibility index (Phi) is 5.37. The Morgan fingerprint density at radius 3 is 2.67 bits per heavy atom. The highest BCUT2D eigenvalue weighted by Gasteiger charge is 2.44. The topological polar surface area (TPSA) is 180 Å². The van der Waals surface area contributed by atoms with Gasteiger partial charge in [-0.2, -0.15) is 0 Å². The van der Waals surface area contributed by atoms with E-state index in [1.807, 2.05) is 0 Å². The van der Waals surface area contributed by atoms with Gasteiger partial charge in [0.15, 0.2) is 23.2 Å². The minimum Gasteiger partial charge on any atom is -0.394 e. The summed E-state index contributed by atoms with van der Waals surface area (Å²) in [6.07, 6.45) is -3.06. The maximum atomic E-state index is 12.4. The van der Waals surface area contributed by atoms with Gasteiger partial charge in [-0.05, 0) is 6.92 Å². The van der Waals surface area contributed by atoms with Gasteiger partial charge in [-0.15, -0.1) is 0 Å². The molecule has 2 aromatic heterocycles. The van der Waals surface area contributed by atoms with Crippen molar-refractivity contribution in [2.45, 2.75) is 43.6 Å². The van der Waals surface area contributed by atoms with Gasteiger partial charge in [-0.1, -0.05) is 0 Å². The number of fused-ring (bicyclic) bond motifs is 1. The molecule has 6 N–H and O–H groups in total. The molecule has 3 rings (SSSR count). The lowest BCUT2D eigenvalue weighted by atomic mass is 10.1. The Hall–Kier alpha value is -2.22. The molecule has 0 saturated carbocycles. The van der Waals surface area contributed by atoms with Crippen LogP contribution in [0.4, 0.5) is 5.82 Å². The molecule has 12 nitrogen and oxygen atoms in total. The summed E-state index contributed by atoms with van der Waals surface area (Å²) in [6.45, 7) is 0.943. The predicted octanol–water partition coefficient (Wildman–Crippen LogP) is -2.89. The molecule has 6 atom stereocenters. The third kappa shape index (κ3) is 3.26. The number of hydrogen-bond donors (Lipinski definition) is 5. The van der Waals surface area contributed by atoms with Crippen LogP contribution in [0.5, 0.6) is 0 Å². The van der Waals surface area contributed by atoms with Gasteiger partial charge in [-0.3, -0.25) is 14.3 Å². The van der Waals surface area contributed by atoms with Crippen LogP contribution in [-0.4, -0.2) is 90.0 Å². The van der Waals surface area contributed by atoms with Gasteiger partial charge in [0.05, 0.1) is 19.0 Å². The zero-order valence-electron chi connectivity index (χ0n) is 14.7. The number of likely N-dealkylation sites (N-methyl/N-ethyl adjacent to an activating group) is 1. The number of aromatic nitrogens is 4. The van der Waals surface area contributed by atoms with Crippen molar-refractivity contribution in [3.8, 4) is 0 Å². The molecule has 148 valence electrons. The fraction of sp³-hybridized carbons (Fsp3) is 0.600. The number of aliphatic hydroxyl groups is 4. The van der Waals surface area contributed by atoms with E-state index in [9.17, 15) is 25.2 Å². The molecule has 0 spiro atoms. The zero-order chi connectivity index (χ0) is 19.9. The lowest BCUT2D eigenvalue weighted by Crippen LogP contribution is -2.48.